The van der Waals surface area contributed by atoms with Crippen LogP contribution in [0.3, 0.4) is 0 Å². The Morgan fingerprint density at radius 3 is 1.57 bits per heavy atom. The van der Waals surface area contributed by atoms with Crippen LogP contribution in [0.5, 0.6) is 0 Å². The van der Waals surface area contributed by atoms with Crippen LogP contribution >= 0.6 is 0 Å². The number of rotatable bonds is 5. The zero-order valence-electron chi connectivity index (χ0n) is 14.7. The van der Waals surface area contributed by atoms with Gasteiger partial charge in [-0.05, 0) is 45.9 Å². The molecule has 0 unspecified atom stereocenters. The Labute approximate surface area is 148 Å². The van der Waals surface area contributed by atoms with Crippen molar-refractivity contribution in [2.75, 3.05) is 0 Å². The third-order valence-corrected chi connectivity index (χ3v) is 3.19. The van der Waals surface area contributed by atoms with E-state index in [0.29, 0.717) is 0 Å². The maximum absolute atomic E-state index is 11.9. The van der Waals surface area contributed by atoms with E-state index in [1.807, 2.05) is 0 Å². The smallest absolute Gasteiger partial charge is 1.00 e. The number of carbonyl (C=O) groups excluding carboxylic acids is 2. The third kappa shape index (κ3) is 6.75. The Morgan fingerprint density at radius 1 is 0.957 bits per heavy atom. The van der Waals surface area contributed by atoms with E-state index in [4.69, 9.17) is 14.0 Å². The van der Waals surface area contributed by atoms with Crippen LogP contribution in [-0.4, -0.2) is 37.1 Å². The molecule has 124 valence electrons. The van der Waals surface area contributed by atoms with Crippen molar-refractivity contribution in [1.29, 1.82) is 0 Å². The largest absolute Gasteiger partial charge is 1.00 e. The molecule has 1 aromatic carbocycles. The molecule has 0 amide bonds. The second-order valence-corrected chi connectivity index (χ2v) is 6.55. The van der Waals surface area contributed by atoms with Crippen LogP contribution in [0.2, 0.25) is 0 Å². The molecule has 0 aliphatic rings. The van der Waals surface area contributed by atoms with E-state index in [1.165, 1.54) is 0 Å². The molecule has 0 radical (unpaired) electrons. The summed E-state index contributed by atoms with van der Waals surface area (Å²) in [6.07, 6.45) is -0.846. The van der Waals surface area contributed by atoms with Gasteiger partial charge in [-0.25, -0.2) is 9.59 Å². The van der Waals surface area contributed by atoms with Crippen LogP contribution in [0.1, 0.15) is 49.8 Å². The summed E-state index contributed by atoms with van der Waals surface area (Å²) < 4.78 is 41.6. The van der Waals surface area contributed by atoms with Crippen LogP contribution in [0, 0.1) is 0 Å². The van der Waals surface area contributed by atoms with E-state index in [2.05, 4.69) is 0 Å². The Balaban J connectivity index is 0. The molecular formula is C14H19LiO7S. The first-order valence-electron chi connectivity index (χ1n) is 6.55. The SMILES string of the molecule is CC(C)OC(=O)c1cc(C(=O)OC(C)C)cc(S(=O)(=O)O)c1.[H-].[Li+]. The van der Waals surface area contributed by atoms with Gasteiger partial charge in [0, 0.05) is 0 Å². The van der Waals surface area contributed by atoms with Crippen LogP contribution in [-0.2, 0) is 19.6 Å². The van der Waals surface area contributed by atoms with Crippen molar-refractivity contribution in [3.63, 3.8) is 0 Å². The molecule has 23 heavy (non-hydrogen) atoms. The van der Waals surface area contributed by atoms with Crippen molar-refractivity contribution in [2.45, 2.75) is 44.8 Å². The Kier molecular flexibility index (Phi) is 8.01. The van der Waals surface area contributed by atoms with Gasteiger partial charge < -0.3 is 10.9 Å². The van der Waals surface area contributed by atoms with Crippen LogP contribution in [0.4, 0.5) is 0 Å². The zero-order chi connectivity index (χ0) is 17.1. The van der Waals surface area contributed by atoms with Crippen molar-refractivity contribution < 1.29 is 52.3 Å². The molecule has 0 heterocycles. The van der Waals surface area contributed by atoms with Gasteiger partial charge >= 0.3 is 30.8 Å². The molecule has 0 aromatic heterocycles. The normalized spacial score (nSPS) is 11.1. The number of carbonyl (C=O) groups is 2. The molecule has 0 aliphatic heterocycles. The molecule has 0 bridgehead atoms. The minimum absolute atomic E-state index is 0. The molecule has 0 saturated heterocycles. The van der Waals surface area contributed by atoms with Gasteiger partial charge in [0.1, 0.15) is 0 Å². The van der Waals surface area contributed by atoms with Gasteiger partial charge in [-0.15, -0.1) is 0 Å². The van der Waals surface area contributed by atoms with Gasteiger partial charge in [0.15, 0.2) is 0 Å². The second kappa shape index (κ2) is 8.50. The van der Waals surface area contributed by atoms with E-state index in [9.17, 15) is 18.0 Å². The summed E-state index contributed by atoms with van der Waals surface area (Å²) in [6, 6.07) is 3.03. The number of hydrogen-bond acceptors (Lipinski definition) is 6. The van der Waals surface area contributed by atoms with Gasteiger partial charge in [0.05, 0.1) is 28.2 Å². The monoisotopic (exact) mass is 338 g/mol. The summed E-state index contributed by atoms with van der Waals surface area (Å²) in [5.41, 5.74) is -0.334. The molecule has 1 rings (SSSR count). The molecule has 0 aliphatic carbocycles. The minimum atomic E-state index is -4.59. The van der Waals surface area contributed by atoms with Crippen LogP contribution in [0.25, 0.3) is 0 Å². The fourth-order valence-corrected chi connectivity index (χ4v) is 2.10. The summed E-state index contributed by atoms with van der Waals surface area (Å²) in [5, 5.41) is 0. The van der Waals surface area contributed by atoms with E-state index >= 15 is 0 Å². The first-order valence-corrected chi connectivity index (χ1v) is 7.99. The predicted molar refractivity (Wildman–Crippen MR) is 78.5 cm³/mol. The van der Waals surface area contributed by atoms with Crippen molar-refractivity contribution in [3.05, 3.63) is 29.3 Å². The molecular weight excluding hydrogens is 319 g/mol. The Morgan fingerprint density at radius 2 is 1.30 bits per heavy atom. The van der Waals surface area contributed by atoms with E-state index < -0.39 is 39.2 Å². The number of benzene rings is 1. The second-order valence-electron chi connectivity index (χ2n) is 5.13. The molecule has 0 saturated carbocycles. The fourth-order valence-electron chi connectivity index (χ4n) is 1.55. The summed E-state index contributed by atoms with van der Waals surface area (Å²) in [6.45, 7) is 6.49. The maximum atomic E-state index is 11.9. The van der Waals surface area contributed by atoms with Gasteiger partial charge in [-0.2, -0.15) is 8.42 Å². The summed E-state index contributed by atoms with van der Waals surface area (Å²) in [7, 11) is -4.59. The van der Waals surface area contributed by atoms with Gasteiger partial charge in [-0.1, -0.05) is 0 Å². The van der Waals surface area contributed by atoms with Gasteiger partial charge in [0.25, 0.3) is 10.1 Å². The molecule has 0 fully saturated rings. The summed E-state index contributed by atoms with van der Waals surface area (Å²) >= 11 is 0. The van der Waals surface area contributed by atoms with Gasteiger partial charge in [0.2, 0.25) is 0 Å². The van der Waals surface area contributed by atoms with Crippen molar-refractivity contribution >= 4 is 22.1 Å². The quantitative estimate of drug-likeness (QED) is 0.425. The molecule has 0 spiro atoms. The number of esters is 2. The maximum Gasteiger partial charge on any atom is 1.00 e. The van der Waals surface area contributed by atoms with Crippen molar-refractivity contribution in [2.24, 2.45) is 0 Å². The number of hydrogen-bond donors (Lipinski definition) is 1. The first-order chi connectivity index (χ1) is 10.0. The zero-order valence-corrected chi connectivity index (χ0v) is 14.5. The molecule has 7 nitrogen and oxygen atoms in total. The molecule has 1 N–H and O–H groups in total. The minimum Gasteiger partial charge on any atom is -1.00 e. The molecule has 0 atom stereocenters. The van der Waals surface area contributed by atoms with E-state index in [0.717, 1.165) is 18.2 Å². The number of ether oxygens (including phenoxy) is 2. The van der Waals surface area contributed by atoms with Crippen molar-refractivity contribution in [1.82, 2.24) is 0 Å². The van der Waals surface area contributed by atoms with E-state index in [-0.39, 0.29) is 31.4 Å². The molecule has 9 heteroatoms. The first kappa shape index (κ1) is 21.7. The predicted octanol–water partition coefficient (Wildman–Crippen LogP) is -0.820. The van der Waals surface area contributed by atoms with E-state index in [1.54, 1.807) is 27.7 Å². The summed E-state index contributed by atoms with van der Waals surface area (Å²) in [4.78, 5) is 23.2. The Hall–Kier alpha value is -1.33. The summed E-state index contributed by atoms with van der Waals surface area (Å²) in [5.74, 6) is -1.61. The van der Waals surface area contributed by atoms with Crippen molar-refractivity contribution in [3.8, 4) is 0 Å². The van der Waals surface area contributed by atoms with Gasteiger partial charge in [-0.3, -0.25) is 4.55 Å². The molecule has 1 aromatic rings. The van der Waals surface area contributed by atoms with Crippen LogP contribution in [0.15, 0.2) is 23.1 Å². The fraction of sp³-hybridized carbons (Fsp3) is 0.429. The third-order valence-electron chi connectivity index (χ3n) is 2.36. The average Bonchev–Trinajstić information content (AvgIpc) is 2.35. The standard InChI is InChI=1S/C14H18O7S.Li.H/c1-8(2)20-13(15)10-5-11(14(16)21-9(3)4)7-12(6-10)22(17,18)19;;/h5-9H,1-4H3,(H,17,18,19);;/q;+1;-1. The average molecular weight is 338 g/mol. The Bertz CT molecular complexity index is 646. The topological polar surface area (TPSA) is 107 Å². The van der Waals surface area contributed by atoms with Crippen LogP contribution < -0.4 is 18.9 Å².